The Morgan fingerprint density at radius 1 is 1.02 bits per heavy atom. The Hall–Kier alpha value is -3.70. The minimum atomic E-state index is -5.03. The van der Waals surface area contributed by atoms with Crippen molar-refractivity contribution in [2.45, 2.75) is 83.8 Å². The first-order chi connectivity index (χ1) is 20.9. The zero-order valence-electron chi connectivity index (χ0n) is 25.5. The van der Waals surface area contributed by atoms with Gasteiger partial charge < -0.3 is 15.2 Å². The first-order valence-electron chi connectivity index (χ1n) is 14.8. The van der Waals surface area contributed by atoms with E-state index in [2.05, 4.69) is 13.8 Å². The Bertz CT molecular complexity index is 1510. The molecule has 0 saturated carbocycles. The second kappa shape index (κ2) is 11.6. The quantitative estimate of drug-likeness (QED) is 0.327. The van der Waals surface area contributed by atoms with Crippen molar-refractivity contribution in [3.8, 4) is 5.75 Å². The van der Waals surface area contributed by atoms with Crippen molar-refractivity contribution in [3.63, 3.8) is 0 Å². The molecule has 3 aliphatic rings. The average molecular weight is 639 g/mol. The number of ether oxygens (including phenoxy) is 2. The number of benzene rings is 2. The van der Waals surface area contributed by atoms with Crippen molar-refractivity contribution in [2.24, 2.45) is 17.1 Å². The lowest BCUT2D eigenvalue weighted by Crippen LogP contribution is -2.35. The first kappa shape index (κ1) is 32.7. The maximum Gasteiger partial charge on any atom is 0.416 e. The number of fused-ring (bicyclic) bond motifs is 1. The fraction of sp³-hybridized carbons (Fsp3) is 0.515. The van der Waals surface area contributed by atoms with Crippen LogP contribution >= 0.6 is 0 Å². The Morgan fingerprint density at radius 2 is 1.67 bits per heavy atom. The van der Waals surface area contributed by atoms with Crippen molar-refractivity contribution < 1.29 is 45.4 Å². The molecule has 3 unspecified atom stereocenters. The minimum Gasteiger partial charge on any atom is -0.496 e. The lowest BCUT2D eigenvalue weighted by molar-refractivity contribution is -0.143. The standard InChI is InChI=1S/C33H36F6N2O4/c1-17-28(21-10-23(32(34,35)36)14-24(11-21)33(37,38)39)45-30(43)41(17)16-22-15-31(2,3)8-7-25(22)26-12-20-9-19(29(40)42)6-5-18(20)13-27(26)44-4/h10-14,17,19,28H,5-9,15-16H2,1-4H3,(H2,40,42). The Morgan fingerprint density at radius 3 is 2.24 bits per heavy atom. The summed E-state index contributed by atoms with van der Waals surface area (Å²) in [6.45, 7) is 5.83. The molecule has 0 aromatic heterocycles. The summed E-state index contributed by atoms with van der Waals surface area (Å²) in [6, 6.07) is 4.41. The maximum absolute atomic E-state index is 13.6. The number of amides is 2. The third kappa shape index (κ3) is 6.65. The Balaban J connectivity index is 1.52. The number of nitrogens with two attached hydrogens (primary N) is 1. The number of rotatable bonds is 6. The number of methoxy groups -OCH3 is 1. The molecule has 0 radical (unpaired) electrons. The van der Waals surface area contributed by atoms with Crippen LogP contribution in [0.5, 0.6) is 5.75 Å². The van der Waals surface area contributed by atoms with E-state index in [9.17, 15) is 35.9 Å². The highest BCUT2D eigenvalue weighted by Gasteiger charge is 2.44. The van der Waals surface area contributed by atoms with Gasteiger partial charge in [-0.15, -0.1) is 0 Å². The van der Waals surface area contributed by atoms with Crippen LogP contribution in [0.25, 0.3) is 5.57 Å². The summed E-state index contributed by atoms with van der Waals surface area (Å²) >= 11 is 0. The number of alkyl halides is 6. The first-order valence-corrected chi connectivity index (χ1v) is 14.8. The van der Waals surface area contributed by atoms with Crippen LogP contribution in [-0.4, -0.2) is 36.6 Å². The van der Waals surface area contributed by atoms with E-state index in [1.807, 2.05) is 12.1 Å². The molecule has 2 aromatic carbocycles. The average Bonchev–Trinajstić information content (AvgIpc) is 3.23. The molecule has 0 bridgehead atoms. The van der Waals surface area contributed by atoms with Gasteiger partial charge in [0.15, 0.2) is 0 Å². The van der Waals surface area contributed by atoms with Gasteiger partial charge in [0.25, 0.3) is 0 Å². The fourth-order valence-electron chi connectivity index (χ4n) is 6.83. The molecule has 1 saturated heterocycles. The Kier molecular flexibility index (Phi) is 8.41. The molecule has 0 spiro atoms. The van der Waals surface area contributed by atoms with Crippen LogP contribution in [0.4, 0.5) is 31.1 Å². The van der Waals surface area contributed by atoms with Crippen molar-refractivity contribution >= 4 is 17.6 Å². The molecule has 5 rings (SSSR count). The third-order valence-corrected chi connectivity index (χ3v) is 9.34. The van der Waals surface area contributed by atoms with Gasteiger partial charge in [-0.3, -0.25) is 9.69 Å². The van der Waals surface area contributed by atoms with Gasteiger partial charge in [-0.2, -0.15) is 26.3 Å². The normalized spacial score (nSPS) is 23.6. The zero-order valence-corrected chi connectivity index (χ0v) is 25.5. The van der Waals surface area contributed by atoms with Crippen molar-refractivity contribution in [1.82, 2.24) is 4.90 Å². The van der Waals surface area contributed by atoms with Gasteiger partial charge in [-0.05, 0) is 109 Å². The van der Waals surface area contributed by atoms with E-state index < -0.39 is 41.7 Å². The summed E-state index contributed by atoms with van der Waals surface area (Å²) in [6.07, 6.45) is -8.30. The van der Waals surface area contributed by atoms with Crippen LogP contribution in [0.15, 0.2) is 35.9 Å². The summed E-state index contributed by atoms with van der Waals surface area (Å²) in [7, 11) is 1.57. The van der Waals surface area contributed by atoms with E-state index in [0.29, 0.717) is 50.0 Å². The van der Waals surface area contributed by atoms with Gasteiger partial charge in [0, 0.05) is 18.0 Å². The number of hydrogen-bond acceptors (Lipinski definition) is 4. The Labute approximate surface area is 257 Å². The third-order valence-electron chi connectivity index (χ3n) is 9.34. The van der Waals surface area contributed by atoms with E-state index >= 15 is 0 Å². The SMILES string of the molecule is COc1cc2c(cc1C1=C(CN3C(=O)OC(c4cc(C(F)(F)F)cc(C(F)(F)F)c4)C3C)CC(C)(C)CC1)CC(C(N)=O)CC2. The number of nitrogens with zero attached hydrogens (tertiary/aromatic N) is 1. The van der Waals surface area contributed by atoms with Gasteiger partial charge >= 0.3 is 18.4 Å². The molecule has 2 aliphatic carbocycles. The summed E-state index contributed by atoms with van der Waals surface area (Å²) in [5.74, 6) is 0.0250. The van der Waals surface area contributed by atoms with E-state index in [0.717, 1.165) is 34.3 Å². The predicted molar refractivity (Wildman–Crippen MR) is 154 cm³/mol. The highest BCUT2D eigenvalue weighted by molar-refractivity contribution is 5.79. The van der Waals surface area contributed by atoms with Crippen LogP contribution in [0, 0.1) is 11.3 Å². The summed E-state index contributed by atoms with van der Waals surface area (Å²) in [5, 5.41) is 0. The molecule has 3 atom stereocenters. The van der Waals surface area contributed by atoms with Gasteiger partial charge in [0.2, 0.25) is 5.91 Å². The van der Waals surface area contributed by atoms with Crippen molar-refractivity contribution in [1.29, 1.82) is 0 Å². The molecular weight excluding hydrogens is 602 g/mol. The smallest absolute Gasteiger partial charge is 0.416 e. The van der Waals surface area contributed by atoms with E-state index in [1.54, 1.807) is 14.0 Å². The number of carbonyl (C=O) groups excluding carboxylic acids is 2. The highest BCUT2D eigenvalue weighted by Crippen LogP contribution is 2.47. The molecule has 6 nitrogen and oxygen atoms in total. The van der Waals surface area contributed by atoms with Crippen LogP contribution in [-0.2, 0) is 34.7 Å². The molecule has 1 heterocycles. The molecular formula is C33H36F6N2O4. The number of aryl methyl sites for hydroxylation is 1. The van der Waals surface area contributed by atoms with Crippen LogP contribution in [0.1, 0.15) is 85.9 Å². The number of allylic oxidation sites excluding steroid dienone is 1. The van der Waals surface area contributed by atoms with Crippen LogP contribution in [0.2, 0.25) is 0 Å². The lowest BCUT2D eigenvalue weighted by atomic mass is 9.72. The van der Waals surface area contributed by atoms with E-state index in [-0.39, 0.29) is 35.4 Å². The van der Waals surface area contributed by atoms with Crippen LogP contribution < -0.4 is 10.5 Å². The van der Waals surface area contributed by atoms with Crippen LogP contribution in [0.3, 0.4) is 0 Å². The predicted octanol–water partition coefficient (Wildman–Crippen LogP) is 7.87. The van der Waals surface area contributed by atoms with E-state index in [4.69, 9.17) is 15.2 Å². The number of primary amides is 1. The molecule has 12 heteroatoms. The lowest BCUT2D eigenvalue weighted by Gasteiger charge is -2.36. The summed E-state index contributed by atoms with van der Waals surface area (Å²) < 4.78 is 92.6. The monoisotopic (exact) mass is 638 g/mol. The zero-order chi connectivity index (χ0) is 33.1. The van der Waals surface area contributed by atoms with Gasteiger partial charge in [0.05, 0.1) is 24.3 Å². The molecule has 2 amide bonds. The molecule has 244 valence electrons. The van der Waals surface area contributed by atoms with Gasteiger partial charge in [-0.25, -0.2) is 4.79 Å². The second-order valence-corrected chi connectivity index (χ2v) is 13.1. The maximum atomic E-state index is 13.6. The van der Waals surface area contributed by atoms with Crippen molar-refractivity contribution in [2.75, 3.05) is 13.7 Å². The molecule has 2 aromatic rings. The van der Waals surface area contributed by atoms with E-state index in [1.165, 1.54) is 4.90 Å². The molecule has 45 heavy (non-hydrogen) atoms. The fourth-order valence-corrected chi connectivity index (χ4v) is 6.83. The second-order valence-electron chi connectivity index (χ2n) is 13.1. The molecule has 2 N–H and O–H groups in total. The van der Waals surface area contributed by atoms with Gasteiger partial charge in [-0.1, -0.05) is 13.8 Å². The topological polar surface area (TPSA) is 81.9 Å². The highest BCUT2D eigenvalue weighted by atomic mass is 19.4. The number of halogens is 6. The number of cyclic esters (lactones) is 1. The largest absolute Gasteiger partial charge is 0.496 e. The number of carbonyl (C=O) groups is 2. The summed E-state index contributed by atoms with van der Waals surface area (Å²) in [5.41, 5.74) is 6.92. The molecule has 1 fully saturated rings. The van der Waals surface area contributed by atoms with Crippen molar-refractivity contribution in [3.05, 3.63) is 69.3 Å². The van der Waals surface area contributed by atoms with Gasteiger partial charge in [0.1, 0.15) is 11.9 Å². The minimum absolute atomic E-state index is 0.0571. The molecule has 1 aliphatic heterocycles. The summed E-state index contributed by atoms with van der Waals surface area (Å²) in [4.78, 5) is 26.5. The number of hydrogen-bond donors (Lipinski definition) is 1.